The van der Waals surface area contributed by atoms with E-state index in [2.05, 4.69) is 15.2 Å². The summed E-state index contributed by atoms with van der Waals surface area (Å²) < 4.78 is 0. The van der Waals surface area contributed by atoms with Crippen molar-refractivity contribution in [2.75, 3.05) is 38.0 Å². The first-order valence-corrected chi connectivity index (χ1v) is 8.82. The van der Waals surface area contributed by atoms with Gasteiger partial charge in [0.05, 0.1) is 12.1 Å². The van der Waals surface area contributed by atoms with E-state index in [9.17, 15) is 9.59 Å². The number of aryl methyl sites for hydroxylation is 2. The molecule has 2 amide bonds. The lowest BCUT2D eigenvalue weighted by Crippen LogP contribution is -2.50. The molecule has 0 unspecified atom stereocenters. The largest absolute Gasteiger partial charge is 0.336 e. The number of carbonyl (C=O) groups excluding carboxylic acids is 2. The van der Waals surface area contributed by atoms with Crippen molar-refractivity contribution in [1.29, 1.82) is 0 Å². The molecule has 1 saturated heterocycles. The van der Waals surface area contributed by atoms with Gasteiger partial charge in [0, 0.05) is 43.8 Å². The Labute approximate surface area is 153 Å². The molecule has 1 N–H and O–H groups in total. The number of nitrogens with zero attached hydrogens (tertiary/aromatic N) is 3. The van der Waals surface area contributed by atoms with Gasteiger partial charge in [-0.2, -0.15) is 0 Å². The van der Waals surface area contributed by atoms with Gasteiger partial charge in [-0.1, -0.05) is 17.7 Å². The molecule has 1 aliphatic rings. The minimum absolute atomic E-state index is 0.00116. The van der Waals surface area contributed by atoms with Gasteiger partial charge in [-0.3, -0.25) is 19.5 Å². The fourth-order valence-electron chi connectivity index (χ4n) is 2.93. The van der Waals surface area contributed by atoms with E-state index in [4.69, 9.17) is 0 Å². The van der Waals surface area contributed by atoms with E-state index in [1.165, 1.54) is 0 Å². The van der Waals surface area contributed by atoms with Crippen LogP contribution in [0.1, 0.15) is 21.6 Å². The van der Waals surface area contributed by atoms with E-state index in [0.717, 1.165) is 16.9 Å². The third kappa shape index (κ3) is 4.67. The molecule has 0 bridgehead atoms. The molecule has 0 radical (unpaired) electrons. The average Bonchev–Trinajstić information content (AvgIpc) is 2.64. The highest BCUT2D eigenvalue weighted by atomic mass is 16.2. The molecule has 1 aromatic carbocycles. The number of pyridine rings is 1. The predicted octanol–water partition coefficient (Wildman–Crippen LogP) is 2.09. The predicted molar refractivity (Wildman–Crippen MR) is 101 cm³/mol. The number of rotatable bonds is 4. The summed E-state index contributed by atoms with van der Waals surface area (Å²) in [6.45, 7) is 6.85. The highest BCUT2D eigenvalue weighted by Crippen LogP contribution is 2.11. The first-order valence-electron chi connectivity index (χ1n) is 8.82. The second kappa shape index (κ2) is 8.10. The SMILES string of the molecule is Cc1ccc(NC(=O)CN2CCN(C(=O)c3ccc(C)nc3)CC2)cc1. The zero-order chi connectivity index (χ0) is 18.5. The summed E-state index contributed by atoms with van der Waals surface area (Å²) in [4.78, 5) is 32.8. The molecular formula is C20H24N4O2. The van der Waals surface area contributed by atoms with Gasteiger partial charge in [0.25, 0.3) is 5.91 Å². The minimum atomic E-state index is -0.0311. The van der Waals surface area contributed by atoms with E-state index in [-0.39, 0.29) is 11.8 Å². The molecule has 3 rings (SSSR count). The van der Waals surface area contributed by atoms with Crippen molar-refractivity contribution in [3.05, 3.63) is 59.4 Å². The van der Waals surface area contributed by atoms with Gasteiger partial charge >= 0.3 is 0 Å². The fraction of sp³-hybridized carbons (Fsp3) is 0.350. The number of hydrogen-bond donors (Lipinski definition) is 1. The molecule has 6 heteroatoms. The van der Waals surface area contributed by atoms with Crippen LogP contribution in [0.5, 0.6) is 0 Å². The summed E-state index contributed by atoms with van der Waals surface area (Å²) in [5.41, 5.74) is 3.47. The second-order valence-corrected chi connectivity index (χ2v) is 6.67. The van der Waals surface area contributed by atoms with E-state index in [0.29, 0.717) is 38.3 Å². The molecule has 136 valence electrons. The van der Waals surface area contributed by atoms with E-state index >= 15 is 0 Å². The molecule has 0 saturated carbocycles. The maximum atomic E-state index is 12.5. The van der Waals surface area contributed by atoms with Gasteiger partial charge in [0.2, 0.25) is 5.91 Å². The number of amides is 2. The van der Waals surface area contributed by atoms with Crippen molar-refractivity contribution >= 4 is 17.5 Å². The summed E-state index contributed by atoms with van der Waals surface area (Å²) in [7, 11) is 0. The normalized spacial score (nSPS) is 14.9. The summed E-state index contributed by atoms with van der Waals surface area (Å²) in [6, 6.07) is 11.4. The van der Waals surface area contributed by atoms with Crippen LogP contribution < -0.4 is 5.32 Å². The lowest BCUT2D eigenvalue weighted by Gasteiger charge is -2.34. The molecule has 2 heterocycles. The monoisotopic (exact) mass is 352 g/mol. The van der Waals surface area contributed by atoms with E-state index < -0.39 is 0 Å². The first kappa shape index (κ1) is 18.1. The van der Waals surface area contributed by atoms with Crippen LogP contribution in [-0.4, -0.2) is 59.3 Å². The molecule has 1 fully saturated rings. The van der Waals surface area contributed by atoms with Crippen LogP contribution in [0.25, 0.3) is 0 Å². The third-order valence-electron chi connectivity index (χ3n) is 4.52. The topological polar surface area (TPSA) is 65.5 Å². The quantitative estimate of drug-likeness (QED) is 0.915. The number of piperazine rings is 1. The van der Waals surface area contributed by atoms with Crippen LogP contribution in [0.2, 0.25) is 0 Å². The van der Waals surface area contributed by atoms with Crippen molar-refractivity contribution in [2.45, 2.75) is 13.8 Å². The summed E-state index contributed by atoms with van der Waals surface area (Å²) in [5.74, 6) is -0.0300. The van der Waals surface area contributed by atoms with Gasteiger partial charge in [0.15, 0.2) is 0 Å². The van der Waals surface area contributed by atoms with Gasteiger partial charge in [-0.25, -0.2) is 0 Å². The molecule has 1 aliphatic heterocycles. The molecule has 6 nitrogen and oxygen atoms in total. The molecule has 0 atom stereocenters. The summed E-state index contributed by atoms with van der Waals surface area (Å²) >= 11 is 0. The summed E-state index contributed by atoms with van der Waals surface area (Å²) in [6.07, 6.45) is 1.62. The third-order valence-corrected chi connectivity index (χ3v) is 4.52. The lowest BCUT2D eigenvalue weighted by atomic mass is 10.2. The Hall–Kier alpha value is -2.73. The Morgan fingerprint density at radius 1 is 1.00 bits per heavy atom. The Bertz CT molecular complexity index is 763. The molecule has 2 aromatic rings. The Kier molecular flexibility index (Phi) is 5.63. The van der Waals surface area contributed by atoms with Crippen LogP contribution in [0.15, 0.2) is 42.6 Å². The second-order valence-electron chi connectivity index (χ2n) is 6.67. The molecule has 0 spiro atoms. The molecular weight excluding hydrogens is 328 g/mol. The zero-order valence-electron chi connectivity index (χ0n) is 15.2. The van der Waals surface area contributed by atoms with Crippen molar-refractivity contribution < 1.29 is 9.59 Å². The number of nitrogens with one attached hydrogen (secondary N) is 1. The van der Waals surface area contributed by atoms with Crippen LogP contribution in [0.4, 0.5) is 5.69 Å². The maximum absolute atomic E-state index is 12.5. The number of aromatic nitrogens is 1. The standard InChI is InChI=1S/C20H24N4O2/c1-15-3-7-18(8-4-15)22-19(25)14-23-9-11-24(12-10-23)20(26)17-6-5-16(2)21-13-17/h3-8,13H,9-12,14H2,1-2H3,(H,22,25). The smallest absolute Gasteiger partial charge is 0.255 e. The van der Waals surface area contributed by atoms with E-state index in [1.807, 2.05) is 55.1 Å². The van der Waals surface area contributed by atoms with Crippen molar-refractivity contribution in [2.24, 2.45) is 0 Å². The Morgan fingerprint density at radius 2 is 1.69 bits per heavy atom. The average molecular weight is 352 g/mol. The zero-order valence-corrected chi connectivity index (χ0v) is 15.2. The summed E-state index contributed by atoms with van der Waals surface area (Å²) in [5, 5.41) is 2.91. The minimum Gasteiger partial charge on any atom is -0.336 e. The highest BCUT2D eigenvalue weighted by molar-refractivity contribution is 5.94. The number of benzene rings is 1. The fourth-order valence-corrected chi connectivity index (χ4v) is 2.93. The number of anilines is 1. The molecule has 1 aromatic heterocycles. The van der Waals surface area contributed by atoms with Gasteiger partial charge in [0.1, 0.15) is 0 Å². The van der Waals surface area contributed by atoms with Gasteiger partial charge in [-0.05, 0) is 38.1 Å². The molecule has 26 heavy (non-hydrogen) atoms. The molecule has 0 aliphatic carbocycles. The van der Waals surface area contributed by atoms with E-state index in [1.54, 1.807) is 6.20 Å². The van der Waals surface area contributed by atoms with Crippen molar-refractivity contribution in [3.8, 4) is 0 Å². The Balaban J connectivity index is 1.47. The first-order chi connectivity index (χ1) is 12.5. The van der Waals surface area contributed by atoms with Crippen LogP contribution >= 0.6 is 0 Å². The van der Waals surface area contributed by atoms with Gasteiger partial charge < -0.3 is 10.2 Å². The van der Waals surface area contributed by atoms with Gasteiger partial charge in [-0.15, -0.1) is 0 Å². The Morgan fingerprint density at radius 3 is 2.31 bits per heavy atom. The number of hydrogen-bond acceptors (Lipinski definition) is 4. The van der Waals surface area contributed by atoms with Crippen molar-refractivity contribution in [1.82, 2.24) is 14.8 Å². The van der Waals surface area contributed by atoms with Crippen LogP contribution in [0, 0.1) is 13.8 Å². The number of carbonyl (C=O) groups is 2. The lowest BCUT2D eigenvalue weighted by molar-refractivity contribution is -0.117. The maximum Gasteiger partial charge on any atom is 0.255 e. The highest BCUT2D eigenvalue weighted by Gasteiger charge is 2.23. The van der Waals surface area contributed by atoms with Crippen LogP contribution in [0.3, 0.4) is 0 Å². The van der Waals surface area contributed by atoms with Crippen LogP contribution in [-0.2, 0) is 4.79 Å². The van der Waals surface area contributed by atoms with Crippen molar-refractivity contribution in [3.63, 3.8) is 0 Å².